The van der Waals surface area contributed by atoms with E-state index in [1.807, 2.05) is 36.1 Å². The zero-order chi connectivity index (χ0) is 20.7. The van der Waals surface area contributed by atoms with Crippen LogP contribution in [-0.2, 0) is 6.42 Å². The molecule has 0 bridgehead atoms. The minimum atomic E-state index is -0.200. The minimum Gasteiger partial charge on any atom is -0.469 e. The molecule has 0 saturated carbocycles. The first-order valence-corrected chi connectivity index (χ1v) is 10.3. The Morgan fingerprint density at radius 1 is 1.00 bits per heavy atom. The standard InChI is InChI=1S/C23H23FN4O2/c1-15-22-18(13-16(14-20(22)29)21-7-4-12-30-21)26-23(25-15)28-10-8-27(9-11-28)19-6-3-2-5-17(19)24/h2-7,12,16H,8-11,13-14H2,1H3/t16-/m0/s1. The second-order valence-electron chi connectivity index (χ2n) is 7.90. The Morgan fingerprint density at radius 3 is 2.50 bits per heavy atom. The molecule has 0 N–H and O–H groups in total. The maximum absolute atomic E-state index is 14.1. The van der Waals surface area contributed by atoms with Crippen molar-refractivity contribution in [3.63, 3.8) is 0 Å². The number of Topliss-reactive ketones (excluding diaryl/α,β-unsaturated/α-hetero) is 1. The van der Waals surface area contributed by atoms with Gasteiger partial charge in [0.05, 0.1) is 28.9 Å². The number of fused-ring (bicyclic) bond motifs is 1. The quantitative estimate of drug-likeness (QED) is 0.660. The molecule has 154 valence electrons. The third-order valence-electron chi connectivity index (χ3n) is 6.00. The predicted octanol–water partition coefficient (Wildman–Crippen LogP) is 3.76. The van der Waals surface area contributed by atoms with E-state index in [1.165, 1.54) is 6.07 Å². The molecule has 2 aliphatic rings. The Balaban J connectivity index is 1.37. The Morgan fingerprint density at radius 2 is 1.77 bits per heavy atom. The summed E-state index contributed by atoms with van der Waals surface area (Å²) in [5.41, 5.74) is 2.82. The lowest BCUT2D eigenvalue weighted by Gasteiger charge is -2.36. The number of aryl methyl sites for hydroxylation is 1. The van der Waals surface area contributed by atoms with Gasteiger partial charge in [-0.15, -0.1) is 0 Å². The average molecular weight is 406 g/mol. The summed E-state index contributed by atoms with van der Waals surface area (Å²) in [4.78, 5) is 26.3. The van der Waals surface area contributed by atoms with Gasteiger partial charge in [-0.2, -0.15) is 0 Å². The monoisotopic (exact) mass is 406 g/mol. The number of nitrogens with zero attached hydrogens (tertiary/aromatic N) is 4. The second-order valence-corrected chi connectivity index (χ2v) is 7.90. The molecular weight excluding hydrogens is 383 g/mol. The summed E-state index contributed by atoms with van der Waals surface area (Å²) in [5.74, 6) is 1.36. The van der Waals surface area contributed by atoms with E-state index in [-0.39, 0.29) is 17.5 Å². The van der Waals surface area contributed by atoms with Crippen LogP contribution in [-0.4, -0.2) is 41.9 Å². The molecule has 1 aliphatic heterocycles. The number of halogens is 1. The first-order chi connectivity index (χ1) is 14.6. The van der Waals surface area contributed by atoms with Crippen LogP contribution in [0.2, 0.25) is 0 Å². The summed E-state index contributed by atoms with van der Waals surface area (Å²) < 4.78 is 19.6. The summed E-state index contributed by atoms with van der Waals surface area (Å²) >= 11 is 0. The van der Waals surface area contributed by atoms with Crippen molar-refractivity contribution < 1.29 is 13.6 Å². The van der Waals surface area contributed by atoms with Gasteiger partial charge >= 0.3 is 0 Å². The van der Waals surface area contributed by atoms with Crippen molar-refractivity contribution in [2.75, 3.05) is 36.0 Å². The molecule has 0 radical (unpaired) electrons. The molecule has 0 amide bonds. The van der Waals surface area contributed by atoms with E-state index < -0.39 is 0 Å². The van der Waals surface area contributed by atoms with E-state index >= 15 is 0 Å². The molecule has 7 heteroatoms. The lowest BCUT2D eigenvalue weighted by molar-refractivity contribution is 0.0958. The lowest BCUT2D eigenvalue weighted by atomic mass is 9.84. The number of benzene rings is 1. The fourth-order valence-corrected chi connectivity index (χ4v) is 4.48. The normalized spacial score (nSPS) is 19.1. The van der Waals surface area contributed by atoms with Gasteiger partial charge in [0, 0.05) is 44.9 Å². The number of aromatic nitrogens is 2. The van der Waals surface area contributed by atoms with E-state index in [0.717, 1.165) is 17.1 Å². The highest BCUT2D eigenvalue weighted by Crippen LogP contribution is 2.34. The van der Waals surface area contributed by atoms with Crippen LogP contribution in [0.5, 0.6) is 0 Å². The summed E-state index contributed by atoms with van der Waals surface area (Å²) in [7, 11) is 0. The van der Waals surface area contributed by atoms with E-state index in [2.05, 4.69) is 9.88 Å². The molecule has 3 heterocycles. The first-order valence-electron chi connectivity index (χ1n) is 10.3. The van der Waals surface area contributed by atoms with E-state index in [4.69, 9.17) is 9.40 Å². The topological polar surface area (TPSA) is 62.5 Å². The molecule has 1 aliphatic carbocycles. The van der Waals surface area contributed by atoms with Gasteiger partial charge < -0.3 is 14.2 Å². The van der Waals surface area contributed by atoms with Crippen LogP contribution in [0.4, 0.5) is 16.0 Å². The molecule has 1 aromatic carbocycles. The third kappa shape index (κ3) is 3.34. The number of furan rings is 1. The lowest BCUT2D eigenvalue weighted by Crippen LogP contribution is -2.47. The van der Waals surface area contributed by atoms with Gasteiger partial charge in [-0.25, -0.2) is 14.4 Å². The second kappa shape index (κ2) is 7.55. The van der Waals surface area contributed by atoms with Crippen molar-refractivity contribution >= 4 is 17.4 Å². The SMILES string of the molecule is Cc1nc(N2CCN(c3ccccc3F)CC2)nc2c1C(=O)C[C@@H](c1ccco1)C2. The Hall–Kier alpha value is -3.22. The van der Waals surface area contributed by atoms with Gasteiger partial charge in [-0.3, -0.25) is 4.79 Å². The smallest absolute Gasteiger partial charge is 0.225 e. The fourth-order valence-electron chi connectivity index (χ4n) is 4.48. The number of hydrogen-bond acceptors (Lipinski definition) is 6. The van der Waals surface area contributed by atoms with Crippen LogP contribution in [0, 0.1) is 12.7 Å². The number of ketones is 1. The largest absolute Gasteiger partial charge is 0.469 e. The zero-order valence-electron chi connectivity index (χ0n) is 16.8. The van der Waals surface area contributed by atoms with Crippen LogP contribution >= 0.6 is 0 Å². The molecule has 5 rings (SSSR count). The van der Waals surface area contributed by atoms with Crippen molar-refractivity contribution in [3.05, 3.63) is 71.2 Å². The van der Waals surface area contributed by atoms with E-state index in [9.17, 15) is 9.18 Å². The number of rotatable bonds is 3. The number of anilines is 2. The first kappa shape index (κ1) is 18.8. The molecule has 2 aromatic heterocycles. The van der Waals surface area contributed by atoms with Crippen LogP contribution in [0.1, 0.15) is 39.8 Å². The average Bonchev–Trinajstić information content (AvgIpc) is 3.29. The Kier molecular flexibility index (Phi) is 4.73. The maximum atomic E-state index is 14.1. The molecule has 6 nitrogen and oxygen atoms in total. The van der Waals surface area contributed by atoms with E-state index in [1.54, 1.807) is 12.3 Å². The van der Waals surface area contributed by atoms with E-state index in [0.29, 0.717) is 56.2 Å². The highest BCUT2D eigenvalue weighted by Gasteiger charge is 2.32. The summed E-state index contributed by atoms with van der Waals surface area (Å²) in [5, 5.41) is 0. The molecule has 30 heavy (non-hydrogen) atoms. The van der Waals surface area contributed by atoms with Gasteiger partial charge in [0.2, 0.25) is 5.95 Å². The van der Waals surface area contributed by atoms with Crippen molar-refractivity contribution in [1.82, 2.24) is 9.97 Å². The number of para-hydroxylation sites is 1. The Labute approximate surface area is 174 Å². The fraction of sp³-hybridized carbons (Fsp3) is 0.348. The minimum absolute atomic E-state index is 0.0139. The number of piperazine rings is 1. The van der Waals surface area contributed by atoms with Crippen molar-refractivity contribution in [3.8, 4) is 0 Å². The van der Waals surface area contributed by atoms with Gasteiger partial charge in [0.1, 0.15) is 11.6 Å². The van der Waals surface area contributed by atoms with Gasteiger partial charge in [0.25, 0.3) is 0 Å². The highest BCUT2D eigenvalue weighted by molar-refractivity contribution is 5.99. The van der Waals surface area contributed by atoms with Gasteiger partial charge in [-0.05, 0) is 31.2 Å². The summed E-state index contributed by atoms with van der Waals surface area (Å²) in [6, 6.07) is 10.6. The maximum Gasteiger partial charge on any atom is 0.225 e. The summed E-state index contributed by atoms with van der Waals surface area (Å²) in [6.45, 7) is 4.65. The van der Waals surface area contributed by atoms with Crippen LogP contribution in [0.15, 0.2) is 47.1 Å². The Bertz CT molecular complexity index is 1070. The molecule has 3 aromatic rings. The molecule has 1 fully saturated rings. The predicted molar refractivity (Wildman–Crippen MR) is 112 cm³/mol. The van der Waals surface area contributed by atoms with Crippen molar-refractivity contribution in [1.29, 1.82) is 0 Å². The highest BCUT2D eigenvalue weighted by atomic mass is 19.1. The molecule has 1 saturated heterocycles. The van der Waals surface area contributed by atoms with Crippen molar-refractivity contribution in [2.45, 2.75) is 25.7 Å². The number of carbonyl (C=O) groups is 1. The van der Waals surface area contributed by atoms with Crippen LogP contribution in [0.25, 0.3) is 0 Å². The van der Waals surface area contributed by atoms with Crippen LogP contribution < -0.4 is 9.80 Å². The number of hydrogen-bond donors (Lipinski definition) is 0. The van der Waals surface area contributed by atoms with Gasteiger partial charge in [0.15, 0.2) is 5.78 Å². The summed E-state index contributed by atoms with van der Waals surface area (Å²) in [6.07, 6.45) is 2.73. The molecule has 0 spiro atoms. The zero-order valence-corrected chi connectivity index (χ0v) is 16.8. The van der Waals surface area contributed by atoms with Crippen molar-refractivity contribution in [2.24, 2.45) is 0 Å². The molecular formula is C23H23FN4O2. The number of carbonyl (C=O) groups excluding carboxylic acids is 1. The van der Waals surface area contributed by atoms with Gasteiger partial charge in [-0.1, -0.05) is 12.1 Å². The molecule has 0 unspecified atom stereocenters. The molecule has 1 atom stereocenters. The third-order valence-corrected chi connectivity index (χ3v) is 6.00. The van der Waals surface area contributed by atoms with Crippen LogP contribution in [0.3, 0.4) is 0 Å².